The number of likely N-dealkylation sites (tertiary alicyclic amines) is 1. The van der Waals surface area contributed by atoms with Crippen LogP contribution in [0.5, 0.6) is 0 Å². The Bertz CT molecular complexity index is 511. The van der Waals surface area contributed by atoms with Gasteiger partial charge >= 0.3 is 12.1 Å². The van der Waals surface area contributed by atoms with E-state index in [0.29, 0.717) is 19.4 Å². The molecule has 1 fully saturated rings. The second-order valence-electron chi connectivity index (χ2n) is 6.17. The average Bonchev–Trinajstić information content (AvgIpc) is 2.80. The molecule has 22 heavy (non-hydrogen) atoms. The molecule has 1 rings (SSSR count). The molecular formula is C13H24N2O6S. The fourth-order valence-corrected chi connectivity index (χ4v) is 2.48. The molecule has 0 aromatic carbocycles. The van der Waals surface area contributed by atoms with E-state index in [1.165, 1.54) is 4.90 Å². The van der Waals surface area contributed by atoms with E-state index in [0.717, 1.165) is 6.26 Å². The number of hydrogen-bond donors (Lipinski definition) is 1. The van der Waals surface area contributed by atoms with Crippen molar-refractivity contribution in [1.82, 2.24) is 9.62 Å². The predicted octanol–water partition coefficient (Wildman–Crippen LogP) is 0.478. The molecule has 128 valence electrons. The number of sulfonamides is 1. The van der Waals surface area contributed by atoms with Crippen molar-refractivity contribution in [2.75, 3.05) is 26.0 Å². The number of esters is 1. The maximum absolute atomic E-state index is 12.0. The van der Waals surface area contributed by atoms with Crippen molar-refractivity contribution in [1.29, 1.82) is 0 Å². The third kappa shape index (κ3) is 6.61. The summed E-state index contributed by atoms with van der Waals surface area (Å²) in [7, 11) is -3.31. The number of nitrogens with zero attached hydrogens (tertiary/aromatic N) is 1. The lowest BCUT2D eigenvalue weighted by Gasteiger charge is -2.27. The van der Waals surface area contributed by atoms with E-state index in [4.69, 9.17) is 9.47 Å². The Labute approximate surface area is 131 Å². The molecule has 9 heteroatoms. The molecule has 1 atom stereocenters. The summed E-state index contributed by atoms with van der Waals surface area (Å²) >= 11 is 0. The van der Waals surface area contributed by atoms with Gasteiger partial charge in [-0.25, -0.2) is 22.7 Å². The van der Waals surface area contributed by atoms with Gasteiger partial charge in [0.15, 0.2) is 0 Å². The van der Waals surface area contributed by atoms with Crippen molar-refractivity contribution in [3.05, 3.63) is 0 Å². The van der Waals surface area contributed by atoms with E-state index in [2.05, 4.69) is 4.72 Å². The first-order chi connectivity index (χ1) is 9.99. The predicted molar refractivity (Wildman–Crippen MR) is 79.8 cm³/mol. The summed E-state index contributed by atoms with van der Waals surface area (Å²) in [6.07, 6.45) is 1.69. The van der Waals surface area contributed by atoms with Crippen LogP contribution in [-0.4, -0.2) is 63.0 Å². The number of ether oxygens (including phenoxy) is 2. The molecule has 0 saturated carbocycles. The molecule has 0 spiro atoms. The molecule has 0 bridgehead atoms. The van der Waals surface area contributed by atoms with Gasteiger partial charge in [-0.3, -0.25) is 4.90 Å². The van der Waals surface area contributed by atoms with Crippen molar-refractivity contribution in [2.24, 2.45) is 0 Å². The Hall–Kier alpha value is -1.35. The van der Waals surface area contributed by atoms with Gasteiger partial charge in [-0.15, -0.1) is 0 Å². The fourth-order valence-electron chi connectivity index (χ4n) is 2.03. The highest BCUT2D eigenvalue weighted by Gasteiger charge is 2.37. The van der Waals surface area contributed by atoms with E-state index >= 15 is 0 Å². The van der Waals surface area contributed by atoms with Crippen molar-refractivity contribution in [3.63, 3.8) is 0 Å². The van der Waals surface area contributed by atoms with Crippen LogP contribution in [0, 0.1) is 0 Å². The topological polar surface area (TPSA) is 102 Å². The van der Waals surface area contributed by atoms with Crippen molar-refractivity contribution in [2.45, 2.75) is 45.3 Å². The summed E-state index contributed by atoms with van der Waals surface area (Å²) in [4.78, 5) is 25.4. The normalized spacial score (nSPS) is 19.1. The van der Waals surface area contributed by atoms with E-state index in [-0.39, 0.29) is 13.2 Å². The molecule has 1 saturated heterocycles. The molecule has 0 aromatic heterocycles. The highest BCUT2D eigenvalue weighted by Crippen LogP contribution is 2.21. The SMILES string of the molecule is CC(C)(C)OC(=O)N1CCC[C@@H]1C(=O)OCCNS(C)(=O)=O. The molecular weight excluding hydrogens is 312 g/mol. The minimum Gasteiger partial charge on any atom is -0.463 e. The van der Waals surface area contributed by atoms with Gasteiger partial charge in [0.2, 0.25) is 10.0 Å². The highest BCUT2D eigenvalue weighted by atomic mass is 32.2. The Balaban J connectivity index is 2.48. The standard InChI is InChI=1S/C13H24N2O6S/c1-13(2,3)21-12(17)15-8-5-6-10(15)11(16)20-9-7-14-22(4,18)19/h10,14H,5-9H2,1-4H3/t10-/m1/s1. The molecule has 1 aliphatic rings. The van der Waals surface area contributed by atoms with Gasteiger partial charge in [-0.1, -0.05) is 0 Å². The summed E-state index contributed by atoms with van der Waals surface area (Å²) in [6, 6.07) is -0.673. The maximum atomic E-state index is 12.0. The molecule has 0 unspecified atom stereocenters. The lowest BCUT2D eigenvalue weighted by atomic mass is 10.2. The van der Waals surface area contributed by atoms with E-state index in [1.807, 2.05) is 0 Å². The van der Waals surface area contributed by atoms with Crippen LogP contribution < -0.4 is 4.72 Å². The third-order valence-corrected chi connectivity index (χ3v) is 3.59. The van der Waals surface area contributed by atoms with Crippen molar-refractivity contribution < 1.29 is 27.5 Å². The highest BCUT2D eigenvalue weighted by molar-refractivity contribution is 7.88. The van der Waals surface area contributed by atoms with Gasteiger partial charge in [0, 0.05) is 13.1 Å². The van der Waals surface area contributed by atoms with Crippen LogP contribution in [-0.2, 0) is 24.3 Å². The van der Waals surface area contributed by atoms with Gasteiger partial charge < -0.3 is 9.47 Å². The summed E-state index contributed by atoms with van der Waals surface area (Å²) in [5.41, 5.74) is -0.631. The summed E-state index contributed by atoms with van der Waals surface area (Å²) in [5.74, 6) is -0.543. The quantitative estimate of drug-likeness (QED) is 0.579. The maximum Gasteiger partial charge on any atom is 0.411 e. The lowest BCUT2D eigenvalue weighted by Crippen LogP contribution is -2.44. The second kappa shape index (κ2) is 7.28. The monoisotopic (exact) mass is 336 g/mol. The van der Waals surface area contributed by atoms with E-state index < -0.39 is 33.7 Å². The fraction of sp³-hybridized carbons (Fsp3) is 0.846. The summed E-state index contributed by atoms with van der Waals surface area (Å²) in [6.45, 7) is 5.63. The third-order valence-electron chi connectivity index (χ3n) is 2.86. The first kappa shape index (κ1) is 18.7. The molecule has 0 aromatic rings. The number of hydrogen-bond acceptors (Lipinski definition) is 6. The van der Waals surface area contributed by atoms with E-state index in [9.17, 15) is 18.0 Å². The minimum absolute atomic E-state index is 0.00370. The van der Waals surface area contributed by atoms with Crippen LogP contribution in [0.4, 0.5) is 4.79 Å². The number of carbonyl (C=O) groups excluding carboxylic acids is 2. The Morgan fingerprint density at radius 1 is 1.32 bits per heavy atom. The largest absolute Gasteiger partial charge is 0.463 e. The van der Waals surface area contributed by atoms with Gasteiger partial charge in [0.1, 0.15) is 18.2 Å². The molecule has 0 aliphatic carbocycles. The first-order valence-corrected chi connectivity index (χ1v) is 8.99. The number of carbonyl (C=O) groups is 2. The van der Waals surface area contributed by atoms with Crippen LogP contribution in [0.1, 0.15) is 33.6 Å². The van der Waals surface area contributed by atoms with Crippen LogP contribution in [0.2, 0.25) is 0 Å². The van der Waals surface area contributed by atoms with Gasteiger partial charge in [-0.05, 0) is 33.6 Å². The Kier molecular flexibility index (Phi) is 6.18. The van der Waals surface area contributed by atoms with Crippen LogP contribution in [0.25, 0.3) is 0 Å². The molecule has 1 aliphatic heterocycles. The zero-order valence-corrected chi connectivity index (χ0v) is 14.2. The Morgan fingerprint density at radius 2 is 1.95 bits per heavy atom. The summed E-state index contributed by atoms with van der Waals surface area (Å²) in [5, 5.41) is 0. The van der Waals surface area contributed by atoms with Gasteiger partial charge in [0.25, 0.3) is 0 Å². The lowest BCUT2D eigenvalue weighted by molar-refractivity contribution is -0.148. The minimum atomic E-state index is -3.31. The molecule has 1 heterocycles. The molecule has 1 N–H and O–H groups in total. The van der Waals surface area contributed by atoms with Gasteiger partial charge in [0.05, 0.1) is 6.26 Å². The Morgan fingerprint density at radius 3 is 2.50 bits per heavy atom. The zero-order chi connectivity index (χ0) is 17.0. The van der Waals surface area contributed by atoms with Gasteiger partial charge in [-0.2, -0.15) is 0 Å². The van der Waals surface area contributed by atoms with Crippen molar-refractivity contribution >= 4 is 22.1 Å². The smallest absolute Gasteiger partial charge is 0.411 e. The van der Waals surface area contributed by atoms with Crippen LogP contribution in [0.3, 0.4) is 0 Å². The second-order valence-corrected chi connectivity index (χ2v) is 8.00. The molecule has 1 amide bonds. The first-order valence-electron chi connectivity index (χ1n) is 7.10. The number of amides is 1. The molecule has 0 radical (unpaired) electrons. The number of nitrogens with one attached hydrogen (secondary N) is 1. The summed E-state index contributed by atoms with van der Waals surface area (Å²) < 4.78 is 34.3. The van der Waals surface area contributed by atoms with Crippen LogP contribution in [0.15, 0.2) is 0 Å². The molecule has 8 nitrogen and oxygen atoms in total. The zero-order valence-electron chi connectivity index (χ0n) is 13.4. The van der Waals surface area contributed by atoms with E-state index in [1.54, 1.807) is 20.8 Å². The van der Waals surface area contributed by atoms with Crippen LogP contribution >= 0.6 is 0 Å². The number of rotatable bonds is 5. The van der Waals surface area contributed by atoms with Crippen molar-refractivity contribution in [3.8, 4) is 0 Å². The average molecular weight is 336 g/mol.